The minimum absolute atomic E-state index is 0.112. The first-order valence-electron chi connectivity index (χ1n) is 8.57. The SMILES string of the molecule is CCn1cc([C@H]2OCC[C@@H]2NC(=O)NCc2ccc(C(=O)O)cc2)cn1. The van der Waals surface area contributed by atoms with Crippen molar-refractivity contribution in [1.82, 2.24) is 20.4 Å². The molecule has 138 valence electrons. The van der Waals surface area contributed by atoms with Gasteiger partial charge in [-0.1, -0.05) is 12.1 Å². The highest BCUT2D eigenvalue weighted by molar-refractivity contribution is 5.87. The largest absolute Gasteiger partial charge is 0.478 e. The maximum absolute atomic E-state index is 12.2. The number of benzene rings is 1. The van der Waals surface area contributed by atoms with Gasteiger partial charge in [-0.15, -0.1) is 0 Å². The van der Waals surface area contributed by atoms with Crippen molar-refractivity contribution in [3.05, 3.63) is 53.3 Å². The lowest BCUT2D eigenvalue weighted by Crippen LogP contribution is -2.43. The van der Waals surface area contributed by atoms with Crippen molar-refractivity contribution in [2.75, 3.05) is 6.61 Å². The molecule has 2 aromatic rings. The van der Waals surface area contributed by atoms with Gasteiger partial charge in [0.25, 0.3) is 0 Å². The Morgan fingerprint density at radius 1 is 1.35 bits per heavy atom. The van der Waals surface area contributed by atoms with Crippen LogP contribution in [0.1, 0.15) is 40.9 Å². The number of carbonyl (C=O) groups excluding carboxylic acids is 1. The maximum atomic E-state index is 12.2. The van der Waals surface area contributed by atoms with E-state index in [9.17, 15) is 9.59 Å². The normalized spacial score (nSPS) is 19.3. The van der Waals surface area contributed by atoms with E-state index >= 15 is 0 Å². The first kappa shape index (κ1) is 17.9. The van der Waals surface area contributed by atoms with Crippen LogP contribution in [-0.2, 0) is 17.8 Å². The summed E-state index contributed by atoms with van der Waals surface area (Å²) in [6.07, 6.45) is 4.25. The smallest absolute Gasteiger partial charge is 0.335 e. The molecule has 2 atom stereocenters. The molecule has 1 aromatic carbocycles. The van der Waals surface area contributed by atoms with Gasteiger partial charge < -0.3 is 20.5 Å². The third-order valence-electron chi connectivity index (χ3n) is 4.37. The Morgan fingerprint density at radius 2 is 2.12 bits per heavy atom. The Labute approximate surface area is 151 Å². The molecule has 3 rings (SSSR count). The molecule has 0 unspecified atom stereocenters. The average Bonchev–Trinajstić information content (AvgIpc) is 3.29. The fourth-order valence-electron chi connectivity index (χ4n) is 2.93. The second-order valence-electron chi connectivity index (χ2n) is 6.15. The fraction of sp³-hybridized carbons (Fsp3) is 0.389. The quantitative estimate of drug-likeness (QED) is 0.732. The van der Waals surface area contributed by atoms with Crippen LogP contribution in [0, 0.1) is 0 Å². The summed E-state index contributed by atoms with van der Waals surface area (Å²) in [4.78, 5) is 23.0. The lowest BCUT2D eigenvalue weighted by molar-refractivity contribution is 0.0697. The number of carbonyl (C=O) groups is 2. The lowest BCUT2D eigenvalue weighted by atomic mass is 10.1. The van der Waals surface area contributed by atoms with E-state index in [0.717, 1.165) is 24.1 Å². The Morgan fingerprint density at radius 3 is 2.77 bits per heavy atom. The van der Waals surface area contributed by atoms with E-state index < -0.39 is 5.97 Å². The molecule has 0 saturated carbocycles. The van der Waals surface area contributed by atoms with Crippen molar-refractivity contribution in [3.63, 3.8) is 0 Å². The standard InChI is InChI=1S/C18H22N4O4/c1-2-22-11-14(10-20-22)16-15(7-8-26-16)21-18(25)19-9-12-3-5-13(6-4-12)17(23)24/h3-6,10-11,15-16H,2,7-9H2,1H3,(H,23,24)(H2,19,21,25)/t15-,16+/m0/s1. The molecule has 0 bridgehead atoms. The summed E-state index contributed by atoms with van der Waals surface area (Å²) in [5.74, 6) is -0.971. The van der Waals surface area contributed by atoms with Crippen LogP contribution in [-0.4, -0.2) is 39.5 Å². The van der Waals surface area contributed by atoms with E-state index in [1.165, 1.54) is 12.1 Å². The van der Waals surface area contributed by atoms with Gasteiger partial charge in [0.15, 0.2) is 0 Å². The van der Waals surface area contributed by atoms with Crippen molar-refractivity contribution in [2.45, 2.75) is 38.6 Å². The molecule has 0 radical (unpaired) electrons. The number of aryl methyl sites for hydroxylation is 1. The topological polar surface area (TPSA) is 105 Å². The number of nitrogens with zero attached hydrogens (tertiary/aromatic N) is 2. The molecule has 2 amide bonds. The number of hydrogen-bond acceptors (Lipinski definition) is 4. The van der Waals surface area contributed by atoms with Crippen LogP contribution in [0.25, 0.3) is 0 Å². The van der Waals surface area contributed by atoms with Crippen molar-refractivity contribution in [2.24, 2.45) is 0 Å². The molecule has 1 saturated heterocycles. The number of carboxylic acids is 1. The number of ether oxygens (including phenoxy) is 1. The highest BCUT2D eigenvalue weighted by atomic mass is 16.5. The number of urea groups is 1. The Bertz CT molecular complexity index is 772. The molecular weight excluding hydrogens is 336 g/mol. The van der Waals surface area contributed by atoms with Crippen LogP contribution in [0.2, 0.25) is 0 Å². The minimum atomic E-state index is -0.971. The molecule has 2 heterocycles. The van der Waals surface area contributed by atoms with Gasteiger partial charge in [-0.3, -0.25) is 4.68 Å². The molecule has 1 aromatic heterocycles. The number of carboxylic acid groups (broad SMARTS) is 1. The number of hydrogen-bond donors (Lipinski definition) is 3. The van der Waals surface area contributed by atoms with Gasteiger partial charge >= 0.3 is 12.0 Å². The van der Waals surface area contributed by atoms with Crippen LogP contribution < -0.4 is 10.6 Å². The second kappa shape index (κ2) is 8.01. The van der Waals surface area contributed by atoms with E-state index in [4.69, 9.17) is 9.84 Å². The number of amides is 2. The van der Waals surface area contributed by atoms with Gasteiger partial charge in [-0.2, -0.15) is 5.10 Å². The second-order valence-corrected chi connectivity index (χ2v) is 6.15. The molecular formula is C18H22N4O4. The number of nitrogens with one attached hydrogen (secondary N) is 2. The van der Waals surface area contributed by atoms with Gasteiger partial charge in [-0.05, 0) is 31.0 Å². The van der Waals surface area contributed by atoms with E-state index in [-0.39, 0.29) is 23.7 Å². The average molecular weight is 358 g/mol. The number of rotatable bonds is 6. The summed E-state index contributed by atoms with van der Waals surface area (Å²) in [6.45, 7) is 3.70. The summed E-state index contributed by atoms with van der Waals surface area (Å²) in [5, 5.41) is 18.9. The summed E-state index contributed by atoms with van der Waals surface area (Å²) < 4.78 is 7.59. The van der Waals surface area contributed by atoms with E-state index in [1.807, 2.05) is 17.8 Å². The Balaban J connectivity index is 1.52. The van der Waals surface area contributed by atoms with Gasteiger partial charge in [0, 0.05) is 31.5 Å². The monoisotopic (exact) mass is 358 g/mol. The fourth-order valence-corrected chi connectivity index (χ4v) is 2.93. The van der Waals surface area contributed by atoms with Crippen LogP contribution in [0.15, 0.2) is 36.7 Å². The molecule has 1 aliphatic heterocycles. The number of aromatic nitrogens is 2. The summed E-state index contributed by atoms with van der Waals surface area (Å²) in [5.41, 5.74) is 2.00. The van der Waals surface area contributed by atoms with Crippen LogP contribution in [0.4, 0.5) is 4.79 Å². The van der Waals surface area contributed by atoms with Gasteiger partial charge in [0.2, 0.25) is 0 Å². The Kier molecular flexibility index (Phi) is 5.52. The van der Waals surface area contributed by atoms with Gasteiger partial charge in [0.05, 0.1) is 17.8 Å². The number of aromatic carboxylic acids is 1. The van der Waals surface area contributed by atoms with Crippen molar-refractivity contribution in [3.8, 4) is 0 Å². The molecule has 1 aliphatic rings. The Hall–Kier alpha value is -2.87. The summed E-state index contributed by atoms with van der Waals surface area (Å²) in [6, 6.07) is 6.01. The third kappa shape index (κ3) is 4.20. The lowest BCUT2D eigenvalue weighted by Gasteiger charge is -2.19. The summed E-state index contributed by atoms with van der Waals surface area (Å²) in [7, 11) is 0. The molecule has 8 nitrogen and oxygen atoms in total. The molecule has 1 fully saturated rings. The predicted octanol–water partition coefficient (Wildman–Crippen LogP) is 1.93. The highest BCUT2D eigenvalue weighted by Crippen LogP contribution is 2.28. The van der Waals surface area contributed by atoms with E-state index in [2.05, 4.69) is 15.7 Å². The van der Waals surface area contributed by atoms with E-state index in [1.54, 1.807) is 18.3 Å². The van der Waals surface area contributed by atoms with Crippen molar-refractivity contribution in [1.29, 1.82) is 0 Å². The van der Waals surface area contributed by atoms with Crippen LogP contribution >= 0.6 is 0 Å². The molecule has 0 spiro atoms. The zero-order valence-corrected chi connectivity index (χ0v) is 14.5. The molecule has 3 N–H and O–H groups in total. The zero-order chi connectivity index (χ0) is 18.5. The highest BCUT2D eigenvalue weighted by Gasteiger charge is 2.31. The summed E-state index contributed by atoms with van der Waals surface area (Å²) >= 11 is 0. The van der Waals surface area contributed by atoms with E-state index in [0.29, 0.717) is 13.2 Å². The van der Waals surface area contributed by atoms with Crippen LogP contribution in [0.5, 0.6) is 0 Å². The first-order valence-corrected chi connectivity index (χ1v) is 8.57. The van der Waals surface area contributed by atoms with Gasteiger partial charge in [-0.25, -0.2) is 9.59 Å². The first-order chi connectivity index (χ1) is 12.6. The third-order valence-corrected chi connectivity index (χ3v) is 4.37. The van der Waals surface area contributed by atoms with Crippen molar-refractivity contribution >= 4 is 12.0 Å². The van der Waals surface area contributed by atoms with Crippen molar-refractivity contribution < 1.29 is 19.4 Å². The maximum Gasteiger partial charge on any atom is 0.335 e. The van der Waals surface area contributed by atoms with Gasteiger partial charge in [0.1, 0.15) is 6.10 Å². The molecule has 0 aliphatic carbocycles. The zero-order valence-electron chi connectivity index (χ0n) is 14.5. The minimum Gasteiger partial charge on any atom is -0.478 e. The predicted molar refractivity (Wildman–Crippen MR) is 93.8 cm³/mol. The molecule has 8 heteroatoms. The van der Waals surface area contributed by atoms with Crippen LogP contribution in [0.3, 0.4) is 0 Å². The molecule has 26 heavy (non-hydrogen) atoms.